The van der Waals surface area contributed by atoms with Gasteiger partial charge in [-0.2, -0.15) is 0 Å². The number of aromatic hydroxyl groups is 1. The lowest BCUT2D eigenvalue weighted by Crippen LogP contribution is -2.18. The van der Waals surface area contributed by atoms with Crippen molar-refractivity contribution >= 4 is 0 Å². The van der Waals surface area contributed by atoms with E-state index in [1.165, 1.54) is 11.1 Å². The first-order valence-corrected chi connectivity index (χ1v) is 6.44. The maximum absolute atomic E-state index is 9.29. The molecule has 0 unspecified atom stereocenters. The van der Waals surface area contributed by atoms with Gasteiger partial charge < -0.3 is 5.11 Å². The van der Waals surface area contributed by atoms with Gasteiger partial charge in [-0.3, -0.25) is 0 Å². The Bertz CT molecular complexity index is 495. The van der Waals surface area contributed by atoms with Crippen molar-refractivity contribution in [1.29, 1.82) is 0 Å². The summed E-state index contributed by atoms with van der Waals surface area (Å²) in [7, 11) is 0. The zero-order chi connectivity index (χ0) is 14.3. The molecular formula is C18H22O. The molecule has 0 saturated carbocycles. The van der Waals surface area contributed by atoms with Crippen LogP contribution in [0, 0.1) is 0 Å². The van der Waals surface area contributed by atoms with Crippen LogP contribution < -0.4 is 0 Å². The number of hydrogen-bond acceptors (Lipinski definition) is 1. The van der Waals surface area contributed by atoms with E-state index in [0.717, 1.165) is 0 Å². The second-order valence-electron chi connectivity index (χ2n) is 4.95. The van der Waals surface area contributed by atoms with Crippen molar-refractivity contribution in [3.05, 3.63) is 78.4 Å². The molecule has 0 saturated heterocycles. The Morgan fingerprint density at radius 3 is 1.79 bits per heavy atom. The number of allylic oxidation sites excluding steroid dienone is 1. The average Bonchev–Trinajstić information content (AvgIpc) is 2.41. The summed E-state index contributed by atoms with van der Waals surface area (Å²) < 4.78 is 0. The Kier molecular flexibility index (Phi) is 5.37. The van der Waals surface area contributed by atoms with Gasteiger partial charge in [-0.25, -0.2) is 0 Å². The van der Waals surface area contributed by atoms with Crippen molar-refractivity contribution in [3.8, 4) is 5.75 Å². The highest BCUT2D eigenvalue weighted by molar-refractivity contribution is 5.39. The molecule has 0 amide bonds. The van der Waals surface area contributed by atoms with E-state index in [0.29, 0.717) is 5.75 Å². The topological polar surface area (TPSA) is 20.2 Å². The minimum absolute atomic E-state index is 0.0328. The molecule has 2 aromatic rings. The molecular weight excluding hydrogens is 232 g/mol. The van der Waals surface area contributed by atoms with E-state index < -0.39 is 0 Å². The smallest absolute Gasteiger partial charge is 0.115 e. The zero-order valence-corrected chi connectivity index (χ0v) is 11.9. The molecule has 0 aliphatic heterocycles. The molecule has 0 heterocycles. The fraction of sp³-hybridized carbons (Fsp3) is 0.222. The van der Waals surface area contributed by atoms with Crippen LogP contribution in [-0.2, 0) is 5.41 Å². The Balaban J connectivity index is 0.000000550. The van der Waals surface area contributed by atoms with Crippen molar-refractivity contribution in [2.75, 3.05) is 0 Å². The largest absolute Gasteiger partial charge is 0.508 e. The van der Waals surface area contributed by atoms with Crippen LogP contribution in [0.3, 0.4) is 0 Å². The lowest BCUT2D eigenvalue weighted by atomic mass is 9.78. The molecule has 0 aliphatic carbocycles. The van der Waals surface area contributed by atoms with Crippen molar-refractivity contribution in [2.45, 2.75) is 26.2 Å². The third kappa shape index (κ3) is 3.99. The highest BCUT2D eigenvalue weighted by Crippen LogP contribution is 2.31. The van der Waals surface area contributed by atoms with Crippen LogP contribution in [-0.4, -0.2) is 5.11 Å². The first-order valence-electron chi connectivity index (χ1n) is 6.44. The standard InChI is InChI=1S/C15H16O.C3H6/c1-15(2,12-6-4-3-5-7-12)13-8-10-14(16)11-9-13;1-3-2/h3-11,16H,1-2H3;3H,1H2,2H3. The van der Waals surface area contributed by atoms with Gasteiger partial charge in [-0.1, -0.05) is 62.4 Å². The van der Waals surface area contributed by atoms with E-state index in [9.17, 15) is 5.11 Å². The molecule has 19 heavy (non-hydrogen) atoms. The van der Waals surface area contributed by atoms with E-state index in [2.05, 4.69) is 44.7 Å². The highest BCUT2D eigenvalue weighted by Gasteiger charge is 2.22. The van der Waals surface area contributed by atoms with Gasteiger partial charge in [0.05, 0.1) is 0 Å². The molecule has 2 aromatic carbocycles. The minimum Gasteiger partial charge on any atom is -0.508 e. The fourth-order valence-electron chi connectivity index (χ4n) is 1.90. The van der Waals surface area contributed by atoms with Gasteiger partial charge in [0.25, 0.3) is 0 Å². The minimum atomic E-state index is -0.0328. The summed E-state index contributed by atoms with van der Waals surface area (Å²) >= 11 is 0. The van der Waals surface area contributed by atoms with Crippen LogP contribution >= 0.6 is 0 Å². The Hall–Kier alpha value is -2.02. The number of phenols is 1. The summed E-state index contributed by atoms with van der Waals surface area (Å²) in [5.41, 5.74) is 2.45. The van der Waals surface area contributed by atoms with Crippen molar-refractivity contribution in [2.24, 2.45) is 0 Å². The average molecular weight is 254 g/mol. The van der Waals surface area contributed by atoms with Crippen LogP contribution in [0.1, 0.15) is 31.9 Å². The number of rotatable bonds is 2. The second-order valence-corrected chi connectivity index (χ2v) is 4.95. The Morgan fingerprint density at radius 1 is 0.895 bits per heavy atom. The summed E-state index contributed by atoms with van der Waals surface area (Å²) in [6.45, 7) is 9.63. The lowest BCUT2D eigenvalue weighted by molar-refractivity contribution is 0.474. The quantitative estimate of drug-likeness (QED) is 0.755. The van der Waals surface area contributed by atoms with Crippen molar-refractivity contribution in [3.63, 3.8) is 0 Å². The summed E-state index contributed by atoms with van der Waals surface area (Å²) in [6, 6.07) is 17.8. The summed E-state index contributed by atoms with van der Waals surface area (Å²) in [4.78, 5) is 0. The molecule has 1 nitrogen and oxygen atoms in total. The molecule has 2 rings (SSSR count). The van der Waals surface area contributed by atoms with Crippen molar-refractivity contribution < 1.29 is 5.11 Å². The van der Waals surface area contributed by atoms with Crippen LogP contribution in [0.5, 0.6) is 5.75 Å². The van der Waals surface area contributed by atoms with Gasteiger partial charge in [0.2, 0.25) is 0 Å². The molecule has 1 N–H and O–H groups in total. The molecule has 0 atom stereocenters. The summed E-state index contributed by atoms with van der Waals surface area (Å²) in [5.74, 6) is 0.313. The number of phenolic OH excluding ortho intramolecular Hbond substituents is 1. The molecule has 100 valence electrons. The van der Waals surface area contributed by atoms with Gasteiger partial charge in [0.15, 0.2) is 0 Å². The SMILES string of the molecule is C=CC.CC(C)(c1ccccc1)c1ccc(O)cc1. The van der Waals surface area contributed by atoms with Gasteiger partial charge in [-0.15, -0.1) is 6.58 Å². The van der Waals surface area contributed by atoms with E-state index in [1.807, 2.05) is 25.1 Å². The summed E-state index contributed by atoms with van der Waals surface area (Å²) in [5, 5.41) is 9.29. The monoisotopic (exact) mass is 254 g/mol. The first kappa shape index (κ1) is 15.0. The first-order chi connectivity index (χ1) is 9.02. The predicted molar refractivity (Wildman–Crippen MR) is 82.5 cm³/mol. The fourth-order valence-corrected chi connectivity index (χ4v) is 1.90. The number of benzene rings is 2. The van der Waals surface area contributed by atoms with E-state index in [-0.39, 0.29) is 5.41 Å². The van der Waals surface area contributed by atoms with Gasteiger partial charge in [0.1, 0.15) is 5.75 Å². The maximum atomic E-state index is 9.29. The Labute approximate surface area is 116 Å². The van der Waals surface area contributed by atoms with Crippen LogP contribution in [0.15, 0.2) is 67.3 Å². The normalized spacial score (nSPS) is 10.3. The van der Waals surface area contributed by atoms with Crippen molar-refractivity contribution in [1.82, 2.24) is 0 Å². The number of hydrogen-bond donors (Lipinski definition) is 1. The van der Waals surface area contributed by atoms with E-state index in [4.69, 9.17) is 0 Å². The highest BCUT2D eigenvalue weighted by atomic mass is 16.3. The third-order valence-corrected chi connectivity index (χ3v) is 3.08. The third-order valence-electron chi connectivity index (χ3n) is 3.08. The van der Waals surface area contributed by atoms with E-state index >= 15 is 0 Å². The van der Waals surface area contributed by atoms with Gasteiger partial charge in [0, 0.05) is 5.41 Å². The van der Waals surface area contributed by atoms with Gasteiger partial charge in [-0.05, 0) is 30.2 Å². The Morgan fingerprint density at radius 2 is 1.32 bits per heavy atom. The zero-order valence-electron chi connectivity index (χ0n) is 11.9. The summed E-state index contributed by atoms with van der Waals surface area (Å²) in [6.07, 6.45) is 1.75. The molecule has 0 aliphatic rings. The van der Waals surface area contributed by atoms with Crippen LogP contribution in [0.25, 0.3) is 0 Å². The predicted octanol–water partition coefficient (Wildman–Crippen LogP) is 4.91. The van der Waals surface area contributed by atoms with Gasteiger partial charge >= 0.3 is 0 Å². The molecule has 0 radical (unpaired) electrons. The molecule has 0 fully saturated rings. The van der Waals surface area contributed by atoms with Crippen LogP contribution in [0.4, 0.5) is 0 Å². The molecule has 0 spiro atoms. The maximum Gasteiger partial charge on any atom is 0.115 e. The van der Waals surface area contributed by atoms with E-state index in [1.54, 1.807) is 18.2 Å². The molecule has 0 aromatic heterocycles. The second kappa shape index (κ2) is 6.79. The lowest BCUT2D eigenvalue weighted by Gasteiger charge is -2.26. The molecule has 0 bridgehead atoms. The molecule has 1 heteroatoms. The van der Waals surface area contributed by atoms with Crippen LogP contribution in [0.2, 0.25) is 0 Å².